The number of anilines is 1. The molecular formula is C20H23FN4O2S. The number of carbonyl (C=O) groups is 1. The third-order valence-electron chi connectivity index (χ3n) is 4.80. The van der Waals surface area contributed by atoms with E-state index in [2.05, 4.69) is 21.2 Å². The lowest BCUT2D eigenvalue weighted by atomic mass is 10.1. The Morgan fingerprint density at radius 2 is 2.04 bits per heavy atom. The molecule has 148 valence electrons. The van der Waals surface area contributed by atoms with Gasteiger partial charge in [0.05, 0.1) is 12.7 Å². The van der Waals surface area contributed by atoms with E-state index in [0.717, 1.165) is 31.7 Å². The van der Waals surface area contributed by atoms with Gasteiger partial charge in [-0.3, -0.25) is 9.69 Å². The highest BCUT2D eigenvalue weighted by molar-refractivity contribution is 7.14. The second kappa shape index (κ2) is 9.64. The Morgan fingerprint density at radius 1 is 1.29 bits per heavy atom. The number of hydrogen-bond acceptors (Lipinski definition) is 6. The quantitative estimate of drug-likeness (QED) is 0.771. The number of methoxy groups -OCH3 is 1. The van der Waals surface area contributed by atoms with Crippen LogP contribution >= 0.6 is 11.3 Å². The van der Waals surface area contributed by atoms with Gasteiger partial charge in [0.1, 0.15) is 22.6 Å². The van der Waals surface area contributed by atoms with Gasteiger partial charge in [0, 0.05) is 51.3 Å². The molecule has 0 atom stereocenters. The predicted molar refractivity (Wildman–Crippen MR) is 107 cm³/mol. The third-order valence-corrected chi connectivity index (χ3v) is 5.62. The van der Waals surface area contributed by atoms with E-state index in [1.54, 1.807) is 24.6 Å². The molecule has 0 unspecified atom stereocenters. The van der Waals surface area contributed by atoms with Gasteiger partial charge in [-0.05, 0) is 29.6 Å². The summed E-state index contributed by atoms with van der Waals surface area (Å²) in [6.07, 6.45) is 0.389. The molecule has 28 heavy (non-hydrogen) atoms. The number of amides is 1. The molecule has 2 heterocycles. The topological polar surface area (TPSA) is 68.6 Å². The normalized spacial score (nSPS) is 15.2. The number of ether oxygens (including phenoxy) is 1. The van der Waals surface area contributed by atoms with Gasteiger partial charge in [-0.1, -0.05) is 0 Å². The minimum atomic E-state index is -0.259. The fourth-order valence-corrected chi connectivity index (χ4v) is 3.98. The summed E-state index contributed by atoms with van der Waals surface area (Å²) in [4.78, 5) is 16.6. The van der Waals surface area contributed by atoms with Crippen molar-refractivity contribution in [3.05, 3.63) is 46.6 Å². The van der Waals surface area contributed by atoms with Crippen molar-refractivity contribution in [2.24, 2.45) is 0 Å². The number of rotatable bonds is 7. The maximum absolute atomic E-state index is 13.5. The van der Waals surface area contributed by atoms with Crippen molar-refractivity contribution in [2.75, 3.05) is 45.2 Å². The van der Waals surface area contributed by atoms with Crippen LogP contribution in [-0.2, 0) is 11.3 Å². The molecule has 1 aromatic heterocycles. The van der Waals surface area contributed by atoms with Crippen LogP contribution in [-0.4, -0.2) is 55.5 Å². The monoisotopic (exact) mass is 402 g/mol. The molecule has 6 nitrogen and oxygen atoms in total. The highest BCUT2D eigenvalue weighted by Crippen LogP contribution is 2.23. The van der Waals surface area contributed by atoms with Crippen molar-refractivity contribution in [3.8, 4) is 11.8 Å². The summed E-state index contributed by atoms with van der Waals surface area (Å²) >= 11 is 1.36. The van der Waals surface area contributed by atoms with E-state index in [1.165, 1.54) is 23.5 Å². The first-order valence-electron chi connectivity index (χ1n) is 9.13. The van der Waals surface area contributed by atoms with Crippen LogP contribution in [0.15, 0.2) is 29.6 Å². The lowest BCUT2D eigenvalue weighted by Crippen LogP contribution is -2.46. The molecule has 1 aliphatic heterocycles. The number of benzene rings is 1. The van der Waals surface area contributed by atoms with Crippen molar-refractivity contribution in [1.82, 2.24) is 9.80 Å². The first-order valence-corrected chi connectivity index (χ1v) is 10.0. The van der Waals surface area contributed by atoms with Crippen LogP contribution < -0.4 is 10.1 Å². The van der Waals surface area contributed by atoms with Crippen LogP contribution in [0.4, 0.5) is 9.39 Å². The zero-order valence-corrected chi connectivity index (χ0v) is 16.6. The second-order valence-electron chi connectivity index (χ2n) is 6.65. The van der Waals surface area contributed by atoms with Gasteiger partial charge in [-0.15, -0.1) is 11.3 Å². The van der Waals surface area contributed by atoms with Crippen LogP contribution in [0, 0.1) is 17.1 Å². The van der Waals surface area contributed by atoms with Crippen LogP contribution in [0.3, 0.4) is 0 Å². The molecule has 8 heteroatoms. The van der Waals surface area contributed by atoms with Crippen molar-refractivity contribution in [1.29, 1.82) is 5.26 Å². The number of nitrogens with zero attached hydrogens (tertiary/aromatic N) is 3. The van der Waals surface area contributed by atoms with Crippen molar-refractivity contribution in [3.63, 3.8) is 0 Å². The first-order chi connectivity index (χ1) is 13.6. The highest BCUT2D eigenvalue weighted by atomic mass is 32.1. The van der Waals surface area contributed by atoms with Gasteiger partial charge in [0.25, 0.3) is 0 Å². The Hall–Kier alpha value is -2.47. The number of nitriles is 1. The van der Waals surface area contributed by atoms with Crippen LogP contribution in [0.1, 0.15) is 17.5 Å². The Kier molecular flexibility index (Phi) is 6.98. The summed E-state index contributed by atoms with van der Waals surface area (Å²) in [7, 11) is 1.59. The Bertz CT molecular complexity index is 856. The first kappa shape index (κ1) is 20.3. The molecule has 0 saturated carbocycles. The minimum Gasteiger partial charge on any atom is -0.496 e. The molecule has 0 radical (unpaired) electrons. The third kappa shape index (κ3) is 5.29. The van der Waals surface area contributed by atoms with E-state index < -0.39 is 0 Å². The van der Waals surface area contributed by atoms with Crippen molar-refractivity contribution in [2.45, 2.75) is 13.0 Å². The zero-order valence-electron chi connectivity index (χ0n) is 15.8. The molecule has 1 fully saturated rings. The molecule has 1 amide bonds. The van der Waals surface area contributed by atoms with Crippen LogP contribution in [0.25, 0.3) is 0 Å². The van der Waals surface area contributed by atoms with E-state index in [9.17, 15) is 9.18 Å². The smallest absolute Gasteiger partial charge is 0.226 e. The van der Waals surface area contributed by atoms with E-state index in [4.69, 9.17) is 10.00 Å². The zero-order chi connectivity index (χ0) is 19.9. The van der Waals surface area contributed by atoms with E-state index in [1.807, 2.05) is 0 Å². The molecule has 1 aromatic carbocycles. The van der Waals surface area contributed by atoms with Gasteiger partial charge in [-0.2, -0.15) is 5.26 Å². The molecule has 0 aliphatic carbocycles. The summed E-state index contributed by atoms with van der Waals surface area (Å²) in [5, 5.41) is 14.2. The van der Waals surface area contributed by atoms with E-state index in [-0.39, 0.29) is 11.7 Å². The molecule has 3 rings (SSSR count). The number of piperazine rings is 1. The highest BCUT2D eigenvalue weighted by Gasteiger charge is 2.19. The van der Waals surface area contributed by atoms with Gasteiger partial charge in [-0.25, -0.2) is 4.39 Å². The molecule has 1 N–H and O–H groups in total. The number of nitrogens with one attached hydrogen (secondary N) is 1. The maximum atomic E-state index is 13.5. The minimum absolute atomic E-state index is 0.0779. The summed E-state index contributed by atoms with van der Waals surface area (Å²) in [6, 6.07) is 8.36. The lowest BCUT2D eigenvalue weighted by molar-refractivity contribution is -0.116. The van der Waals surface area contributed by atoms with Crippen LogP contribution in [0.5, 0.6) is 5.75 Å². The number of carbonyl (C=O) groups excluding carboxylic acids is 1. The Morgan fingerprint density at radius 3 is 2.75 bits per heavy atom. The van der Waals surface area contributed by atoms with Crippen LogP contribution in [0.2, 0.25) is 0 Å². The van der Waals surface area contributed by atoms with E-state index in [0.29, 0.717) is 35.8 Å². The van der Waals surface area contributed by atoms with Crippen molar-refractivity contribution >= 4 is 22.2 Å². The fraction of sp³-hybridized carbons (Fsp3) is 0.400. The summed E-state index contributed by atoms with van der Waals surface area (Å²) in [5.74, 6) is 0.363. The number of hydrogen-bond donors (Lipinski definition) is 1. The molecular weight excluding hydrogens is 379 g/mol. The maximum Gasteiger partial charge on any atom is 0.226 e. The largest absolute Gasteiger partial charge is 0.496 e. The van der Waals surface area contributed by atoms with Gasteiger partial charge in [0.15, 0.2) is 0 Å². The predicted octanol–water partition coefficient (Wildman–Crippen LogP) is 2.91. The van der Waals surface area contributed by atoms with Crippen molar-refractivity contribution < 1.29 is 13.9 Å². The standard InChI is InChI=1S/C20H23FN4O2S/c1-27-18-3-2-17(21)12-16(18)14-25-9-7-24(8-10-25)6-4-19(26)23-20-15(13-22)5-11-28-20/h2-3,5,11-12H,4,6-10,14H2,1H3,(H,23,26). The number of halogens is 1. The lowest BCUT2D eigenvalue weighted by Gasteiger charge is -2.34. The molecule has 1 saturated heterocycles. The van der Waals surface area contributed by atoms with Gasteiger partial charge < -0.3 is 15.0 Å². The van der Waals surface area contributed by atoms with Gasteiger partial charge in [0.2, 0.25) is 5.91 Å². The summed E-state index contributed by atoms with van der Waals surface area (Å²) in [6.45, 7) is 4.73. The Balaban J connectivity index is 1.43. The molecule has 0 bridgehead atoms. The average Bonchev–Trinajstić information content (AvgIpc) is 3.14. The molecule has 0 spiro atoms. The summed E-state index contributed by atoms with van der Waals surface area (Å²) in [5.41, 5.74) is 1.35. The number of thiophene rings is 1. The average molecular weight is 402 g/mol. The summed E-state index contributed by atoms with van der Waals surface area (Å²) < 4.78 is 18.8. The SMILES string of the molecule is COc1ccc(F)cc1CN1CCN(CCC(=O)Nc2sccc2C#N)CC1. The fourth-order valence-electron chi connectivity index (χ4n) is 3.23. The Labute approximate surface area is 168 Å². The van der Waals surface area contributed by atoms with Gasteiger partial charge >= 0.3 is 0 Å². The van der Waals surface area contributed by atoms with E-state index >= 15 is 0 Å². The molecule has 2 aromatic rings. The molecule has 1 aliphatic rings. The second-order valence-corrected chi connectivity index (χ2v) is 7.56.